The molecule has 1 saturated heterocycles. The Morgan fingerprint density at radius 2 is 2.24 bits per heavy atom. The fourth-order valence-electron chi connectivity index (χ4n) is 1.65. The fourth-order valence-corrected chi connectivity index (χ4v) is 2.96. The van der Waals surface area contributed by atoms with E-state index in [1.54, 1.807) is 7.05 Å². The molecule has 1 atom stereocenters. The summed E-state index contributed by atoms with van der Waals surface area (Å²) in [6.07, 6.45) is 2.58. The smallest absolute Gasteiger partial charge is 0.191 e. The Morgan fingerprint density at radius 3 is 2.71 bits per heavy atom. The van der Waals surface area contributed by atoms with Gasteiger partial charge >= 0.3 is 0 Å². The normalized spacial score (nSPS) is 24.1. The van der Waals surface area contributed by atoms with Crippen molar-refractivity contribution < 1.29 is 0 Å². The van der Waals surface area contributed by atoms with Crippen molar-refractivity contribution in [1.82, 2.24) is 10.6 Å². The van der Waals surface area contributed by atoms with Gasteiger partial charge in [-0.05, 0) is 25.5 Å². The lowest BCUT2D eigenvalue weighted by atomic mass is 10.1. The molecule has 3 nitrogen and oxygen atoms in total. The quantitative estimate of drug-likeness (QED) is 0.441. The summed E-state index contributed by atoms with van der Waals surface area (Å²) >= 11 is 7.72. The van der Waals surface area contributed by atoms with Gasteiger partial charge in [-0.1, -0.05) is 18.2 Å². The predicted molar refractivity (Wildman–Crippen MR) is 89.9 cm³/mol. The van der Waals surface area contributed by atoms with E-state index in [2.05, 4.69) is 29.1 Å². The molecule has 0 aromatic rings. The number of aliphatic imine (C=N–C) groups is 1. The van der Waals surface area contributed by atoms with Gasteiger partial charge in [0.05, 0.1) is 6.54 Å². The van der Waals surface area contributed by atoms with Gasteiger partial charge in [-0.15, -0.1) is 24.0 Å². The van der Waals surface area contributed by atoms with Crippen LogP contribution in [0.5, 0.6) is 0 Å². The third-order valence-electron chi connectivity index (χ3n) is 2.60. The number of thioether (sulfide) groups is 1. The second-order valence-electron chi connectivity index (χ2n) is 4.20. The average molecular weight is 390 g/mol. The molecule has 0 bridgehead atoms. The molecule has 1 rings (SSSR count). The molecule has 0 aromatic heterocycles. The van der Waals surface area contributed by atoms with Crippen molar-refractivity contribution in [1.29, 1.82) is 0 Å². The predicted octanol–water partition coefficient (Wildman–Crippen LogP) is 2.81. The van der Waals surface area contributed by atoms with Crippen LogP contribution in [0.25, 0.3) is 0 Å². The van der Waals surface area contributed by atoms with Gasteiger partial charge < -0.3 is 10.6 Å². The zero-order chi connectivity index (χ0) is 12.0. The van der Waals surface area contributed by atoms with E-state index in [1.807, 2.05) is 11.8 Å². The Bertz CT molecular complexity index is 278. The Hall–Kier alpha value is 0.380. The average Bonchev–Trinajstić information content (AvgIpc) is 2.65. The molecule has 0 saturated carbocycles. The highest BCUT2D eigenvalue weighted by Gasteiger charge is 2.29. The Morgan fingerprint density at radius 1 is 1.53 bits per heavy atom. The molecular weight excluding hydrogens is 369 g/mol. The number of hydrogen-bond acceptors (Lipinski definition) is 2. The molecule has 0 aromatic carbocycles. The highest BCUT2D eigenvalue weighted by Crippen LogP contribution is 2.36. The second-order valence-corrected chi connectivity index (χ2v) is 6.42. The van der Waals surface area contributed by atoms with E-state index in [0.29, 0.717) is 16.3 Å². The third-order valence-corrected chi connectivity index (χ3v) is 4.27. The van der Waals surface area contributed by atoms with Crippen LogP contribution in [-0.2, 0) is 0 Å². The van der Waals surface area contributed by atoms with Crippen molar-refractivity contribution in [2.75, 3.05) is 25.9 Å². The summed E-state index contributed by atoms with van der Waals surface area (Å²) in [4.78, 5) is 4.14. The zero-order valence-corrected chi connectivity index (χ0v) is 14.3. The number of hydrogen-bond donors (Lipinski definition) is 2. The first-order valence-corrected chi connectivity index (χ1v) is 6.84. The number of halogens is 2. The van der Waals surface area contributed by atoms with Crippen molar-refractivity contribution >= 4 is 53.3 Å². The topological polar surface area (TPSA) is 36.4 Å². The van der Waals surface area contributed by atoms with Crippen LogP contribution in [0, 0.1) is 0 Å². The Labute approximate surface area is 130 Å². The summed E-state index contributed by atoms with van der Waals surface area (Å²) in [6.45, 7) is 7.41. The summed E-state index contributed by atoms with van der Waals surface area (Å²) < 4.78 is 0.343. The van der Waals surface area contributed by atoms with E-state index >= 15 is 0 Å². The van der Waals surface area contributed by atoms with E-state index in [4.69, 9.17) is 11.6 Å². The maximum atomic E-state index is 5.69. The molecule has 6 heteroatoms. The molecule has 2 N–H and O–H groups in total. The highest BCUT2D eigenvalue weighted by atomic mass is 127. The lowest BCUT2D eigenvalue weighted by molar-refractivity contribution is 0.586. The van der Waals surface area contributed by atoms with Crippen LogP contribution < -0.4 is 10.6 Å². The molecule has 1 heterocycles. The molecule has 0 radical (unpaired) electrons. The van der Waals surface area contributed by atoms with Gasteiger partial charge in [-0.25, -0.2) is 0 Å². The summed E-state index contributed by atoms with van der Waals surface area (Å²) in [6, 6.07) is 0. The van der Waals surface area contributed by atoms with Gasteiger partial charge in [0.2, 0.25) is 0 Å². The first-order valence-electron chi connectivity index (χ1n) is 5.47. The van der Waals surface area contributed by atoms with E-state index in [0.717, 1.165) is 12.5 Å². The minimum Gasteiger partial charge on any atom is -0.355 e. The minimum atomic E-state index is 0. The molecule has 1 aliphatic heterocycles. The molecule has 1 fully saturated rings. The highest BCUT2D eigenvalue weighted by molar-refractivity contribution is 14.0. The van der Waals surface area contributed by atoms with Crippen LogP contribution in [0.2, 0.25) is 0 Å². The van der Waals surface area contributed by atoms with Crippen LogP contribution in [0.4, 0.5) is 0 Å². The van der Waals surface area contributed by atoms with Crippen LogP contribution in [0.1, 0.15) is 19.8 Å². The van der Waals surface area contributed by atoms with E-state index in [-0.39, 0.29) is 24.0 Å². The molecule has 1 unspecified atom stereocenters. The number of nitrogens with zero attached hydrogens (tertiary/aromatic N) is 1. The van der Waals surface area contributed by atoms with Crippen molar-refractivity contribution in [3.05, 3.63) is 11.6 Å². The molecule has 17 heavy (non-hydrogen) atoms. The first kappa shape index (κ1) is 17.4. The minimum absolute atomic E-state index is 0. The lowest BCUT2D eigenvalue weighted by Gasteiger charge is -2.24. The van der Waals surface area contributed by atoms with E-state index < -0.39 is 0 Å². The number of nitrogens with one attached hydrogen (secondary N) is 2. The largest absolute Gasteiger partial charge is 0.355 e. The Kier molecular flexibility index (Phi) is 8.67. The van der Waals surface area contributed by atoms with Crippen molar-refractivity contribution in [3.63, 3.8) is 0 Å². The van der Waals surface area contributed by atoms with Crippen LogP contribution >= 0.6 is 47.3 Å². The van der Waals surface area contributed by atoms with Crippen LogP contribution in [0.15, 0.2) is 16.6 Å². The molecule has 0 amide bonds. The lowest BCUT2D eigenvalue weighted by Crippen LogP contribution is -2.43. The van der Waals surface area contributed by atoms with Crippen LogP contribution in [0.3, 0.4) is 0 Å². The van der Waals surface area contributed by atoms with Crippen LogP contribution in [-0.4, -0.2) is 36.6 Å². The second kappa shape index (κ2) is 8.48. The standard InChI is InChI=1S/C11H20ClN3S.HI/c1-9(12)7-14-10(13-3)15-8-11(2)5-4-6-16-11;/h1,4-8H2,2-3H3,(H2,13,14,15);1H. The van der Waals surface area contributed by atoms with Crippen molar-refractivity contribution in [2.45, 2.75) is 24.5 Å². The SMILES string of the molecule is C=C(Cl)CNC(=NC)NCC1(C)CCCS1.I. The van der Waals surface area contributed by atoms with Gasteiger partial charge in [0.15, 0.2) is 5.96 Å². The monoisotopic (exact) mass is 389 g/mol. The molecule has 1 aliphatic rings. The van der Waals surface area contributed by atoms with Gasteiger partial charge in [-0.2, -0.15) is 11.8 Å². The molecule has 0 aliphatic carbocycles. The van der Waals surface area contributed by atoms with Gasteiger partial charge in [0, 0.05) is 23.4 Å². The van der Waals surface area contributed by atoms with Gasteiger partial charge in [0.1, 0.15) is 0 Å². The summed E-state index contributed by atoms with van der Waals surface area (Å²) in [7, 11) is 1.76. The van der Waals surface area contributed by atoms with Crippen molar-refractivity contribution in [2.24, 2.45) is 4.99 Å². The maximum absolute atomic E-state index is 5.69. The molecule has 0 spiro atoms. The Balaban J connectivity index is 0.00000256. The maximum Gasteiger partial charge on any atom is 0.191 e. The number of rotatable bonds is 4. The first-order chi connectivity index (χ1) is 7.56. The third kappa shape index (κ3) is 6.76. The van der Waals surface area contributed by atoms with Gasteiger partial charge in [0.25, 0.3) is 0 Å². The van der Waals surface area contributed by atoms with Gasteiger partial charge in [-0.3, -0.25) is 4.99 Å². The molecular formula is C11H21ClIN3S. The van der Waals surface area contributed by atoms with Crippen molar-refractivity contribution in [3.8, 4) is 0 Å². The van der Waals surface area contributed by atoms with E-state index in [9.17, 15) is 0 Å². The summed E-state index contributed by atoms with van der Waals surface area (Å²) in [5, 5.41) is 7.02. The van der Waals surface area contributed by atoms with E-state index in [1.165, 1.54) is 18.6 Å². The summed E-state index contributed by atoms with van der Waals surface area (Å²) in [5.74, 6) is 2.05. The summed E-state index contributed by atoms with van der Waals surface area (Å²) in [5.41, 5.74) is 0. The zero-order valence-electron chi connectivity index (χ0n) is 10.4. The molecule has 100 valence electrons. The fraction of sp³-hybridized carbons (Fsp3) is 0.727. The number of guanidine groups is 1.